The summed E-state index contributed by atoms with van der Waals surface area (Å²) in [5.41, 5.74) is 0.223. The maximum absolute atomic E-state index is 13.5. The van der Waals surface area contributed by atoms with Crippen LogP contribution in [-0.4, -0.2) is 29.8 Å². The Morgan fingerprint density at radius 1 is 1.37 bits per heavy atom. The Bertz CT molecular complexity index is 446. The summed E-state index contributed by atoms with van der Waals surface area (Å²) in [5.74, 6) is 0.269. The van der Waals surface area contributed by atoms with Gasteiger partial charge in [0.2, 0.25) is 0 Å². The number of hydrogen-bond acceptors (Lipinski definition) is 2. The summed E-state index contributed by atoms with van der Waals surface area (Å²) in [4.78, 5) is 14.4. The summed E-state index contributed by atoms with van der Waals surface area (Å²) in [7, 11) is 0. The van der Waals surface area contributed by atoms with E-state index in [1.165, 1.54) is 18.9 Å². The van der Waals surface area contributed by atoms with Crippen molar-refractivity contribution in [1.82, 2.24) is 4.90 Å². The highest BCUT2D eigenvalue weighted by Crippen LogP contribution is 2.22. The molecule has 2 unspecified atom stereocenters. The number of piperidine rings is 1. The fraction of sp³-hybridized carbons (Fsp3) is 0.562. The molecule has 2 rings (SSSR count). The van der Waals surface area contributed by atoms with Gasteiger partial charge in [0.05, 0.1) is 5.56 Å². The second-order valence-corrected chi connectivity index (χ2v) is 5.67. The lowest BCUT2D eigenvalue weighted by atomic mass is 9.93. The van der Waals surface area contributed by atoms with Crippen LogP contribution in [0.2, 0.25) is 0 Å². The van der Waals surface area contributed by atoms with Gasteiger partial charge in [0.1, 0.15) is 5.82 Å². The molecule has 1 saturated heterocycles. The highest BCUT2D eigenvalue weighted by atomic mass is 19.1. The van der Waals surface area contributed by atoms with Gasteiger partial charge in [-0.2, -0.15) is 0 Å². The van der Waals surface area contributed by atoms with E-state index in [9.17, 15) is 9.18 Å². The van der Waals surface area contributed by atoms with Gasteiger partial charge in [0.15, 0.2) is 5.78 Å². The number of rotatable bonds is 4. The van der Waals surface area contributed by atoms with Crippen LogP contribution in [0.5, 0.6) is 0 Å². The molecule has 1 fully saturated rings. The van der Waals surface area contributed by atoms with Crippen molar-refractivity contribution in [2.45, 2.75) is 39.2 Å². The summed E-state index contributed by atoms with van der Waals surface area (Å²) in [6.45, 7) is 6.27. The summed E-state index contributed by atoms with van der Waals surface area (Å²) in [6, 6.07) is 6.76. The lowest BCUT2D eigenvalue weighted by Crippen LogP contribution is -2.41. The van der Waals surface area contributed by atoms with E-state index in [-0.39, 0.29) is 11.3 Å². The Labute approximate surface area is 114 Å². The highest BCUT2D eigenvalue weighted by molar-refractivity contribution is 5.96. The van der Waals surface area contributed by atoms with E-state index in [4.69, 9.17) is 0 Å². The minimum Gasteiger partial charge on any atom is -0.300 e. The van der Waals surface area contributed by atoms with Gasteiger partial charge in [-0.3, -0.25) is 4.79 Å². The zero-order valence-corrected chi connectivity index (χ0v) is 11.7. The van der Waals surface area contributed by atoms with Gasteiger partial charge >= 0.3 is 0 Å². The Balaban J connectivity index is 1.89. The Kier molecular flexibility index (Phi) is 4.70. The number of hydrogen-bond donors (Lipinski definition) is 0. The van der Waals surface area contributed by atoms with Crippen LogP contribution < -0.4 is 0 Å². The molecule has 1 aromatic rings. The van der Waals surface area contributed by atoms with Crippen molar-refractivity contribution in [3.63, 3.8) is 0 Å². The Morgan fingerprint density at radius 3 is 2.79 bits per heavy atom. The molecule has 0 radical (unpaired) electrons. The average Bonchev–Trinajstić information content (AvgIpc) is 2.38. The topological polar surface area (TPSA) is 20.3 Å². The number of nitrogens with zero attached hydrogens (tertiary/aromatic N) is 1. The van der Waals surface area contributed by atoms with Crippen LogP contribution in [-0.2, 0) is 0 Å². The fourth-order valence-corrected chi connectivity index (χ4v) is 2.86. The van der Waals surface area contributed by atoms with Crippen LogP contribution in [0.15, 0.2) is 24.3 Å². The highest BCUT2D eigenvalue weighted by Gasteiger charge is 2.23. The molecule has 1 aromatic carbocycles. The monoisotopic (exact) mass is 263 g/mol. The van der Waals surface area contributed by atoms with Crippen molar-refractivity contribution in [1.29, 1.82) is 0 Å². The second kappa shape index (κ2) is 6.29. The Morgan fingerprint density at radius 2 is 2.11 bits per heavy atom. The molecule has 19 heavy (non-hydrogen) atoms. The van der Waals surface area contributed by atoms with E-state index in [0.717, 1.165) is 19.0 Å². The molecule has 0 saturated carbocycles. The van der Waals surface area contributed by atoms with Crippen molar-refractivity contribution >= 4 is 5.78 Å². The molecule has 0 amide bonds. The molecule has 2 atom stereocenters. The standard InChI is InChI=1S/C16H22FNO/c1-12-7-9-18(13(2)11-12)10-8-16(19)14-5-3-4-6-15(14)17/h3-6,12-13H,7-11H2,1-2H3. The van der Waals surface area contributed by atoms with Crippen LogP contribution >= 0.6 is 0 Å². The zero-order valence-electron chi connectivity index (χ0n) is 11.7. The van der Waals surface area contributed by atoms with E-state index in [1.54, 1.807) is 18.2 Å². The van der Waals surface area contributed by atoms with Crippen LogP contribution in [0, 0.1) is 11.7 Å². The van der Waals surface area contributed by atoms with Gasteiger partial charge in [-0.1, -0.05) is 19.1 Å². The quantitative estimate of drug-likeness (QED) is 0.775. The van der Waals surface area contributed by atoms with Crippen LogP contribution in [0.3, 0.4) is 0 Å². The van der Waals surface area contributed by atoms with Gasteiger partial charge in [-0.15, -0.1) is 0 Å². The lowest BCUT2D eigenvalue weighted by molar-refractivity contribution is 0.0906. The molecule has 1 aliphatic heterocycles. The molecule has 1 aliphatic rings. The maximum Gasteiger partial charge on any atom is 0.167 e. The Hall–Kier alpha value is -1.22. The molecule has 0 N–H and O–H groups in total. The maximum atomic E-state index is 13.5. The van der Waals surface area contributed by atoms with E-state index in [2.05, 4.69) is 18.7 Å². The number of carbonyl (C=O) groups is 1. The molecular weight excluding hydrogens is 241 g/mol. The minimum absolute atomic E-state index is 0.0936. The van der Waals surface area contributed by atoms with E-state index >= 15 is 0 Å². The summed E-state index contributed by atoms with van der Waals surface area (Å²) < 4.78 is 13.5. The smallest absolute Gasteiger partial charge is 0.167 e. The molecule has 0 aliphatic carbocycles. The zero-order chi connectivity index (χ0) is 13.8. The summed E-state index contributed by atoms with van der Waals surface area (Å²) in [6.07, 6.45) is 2.78. The SMILES string of the molecule is CC1CCN(CCC(=O)c2ccccc2F)C(C)C1. The number of likely N-dealkylation sites (tertiary alicyclic amines) is 1. The summed E-state index contributed by atoms with van der Waals surface area (Å²) in [5, 5.41) is 0. The predicted molar refractivity (Wildman–Crippen MR) is 74.8 cm³/mol. The molecule has 0 aromatic heterocycles. The van der Waals surface area contributed by atoms with Crippen LogP contribution in [0.25, 0.3) is 0 Å². The fourth-order valence-electron chi connectivity index (χ4n) is 2.86. The number of benzene rings is 1. The van der Waals surface area contributed by atoms with Gasteiger partial charge in [0.25, 0.3) is 0 Å². The van der Waals surface area contributed by atoms with Gasteiger partial charge in [-0.25, -0.2) is 4.39 Å². The van der Waals surface area contributed by atoms with Crippen molar-refractivity contribution in [3.8, 4) is 0 Å². The van der Waals surface area contributed by atoms with E-state index < -0.39 is 5.82 Å². The lowest BCUT2D eigenvalue weighted by Gasteiger charge is -2.36. The number of ketones is 1. The van der Waals surface area contributed by atoms with Crippen molar-refractivity contribution in [3.05, 3.63) is 35.6 Å². The van der Waals surface area contributed by atoms with Crippen molar-refractivity contribution < 1.29 is 9.18 Å². The molecule has 0 bridgehead atoms. The molecule has 2 nitrogen and oxygen atoms in total. The second-order valence-electron chi connectivity index (χ2n) is 5.67. The third-order valence-corrected chi connectivity index (χ3v) is 4.08. The molecule has 0 spiro atoms. The van der Waals surface area contributed by atoms with Crippen molar-refractivity contribution in [2.75, 3.05) is 13.1 Å². The first-order chi connectivity index (χ1) is 9.08. The first kappa shape index (κ1) is 14.2. The number of Topliss-reactive ketones (excluding diaryl/α,β-unsaturated/α-hetero) is 1. The largest absolute Gasteiger partial charge is 0.300 e. The van der Waals surface area contributed by atoms with Gasteiger partial charge in [0, 0.05) is 19.0 Å². The van der Waals surface area contributed by atoms with Gasteiger partial charge in [-0.05, 0) is 44.4 Å². The number of halogens is 1. The van der Waals surface area contributed by atoms with Crippen LogP contribution in [0.4, 0.5) is 4.39 Å². The molecule has 3 heteroatoms. The van der Waals surface area contributed by atoms with Crippen LogP contribution in [0.1, 0.15) is 43.5 Å². The average molecular weight is 263 g/mol. The number of carbonyl (C=O) groups excluding carboxylic acids is 1. The molecule has 1 heterocycles. The predicted octanol–water partition coefficient (Wildman–Crippen LogP) is 3.52. The normalized spacial score (nSPS) is 24.4. The minimum atomic E-state index is -0.409. The van der Waals surface area contributed by atoms with E-state index in [1.807, 2.05) is 0 Å². The first-order valence-electron chi connectivity index (χ1n) is 7.09. The third kappa shape index (κ3) is 3.63. The first-order valence-corrected chi connectivity index (χ1v) is 7.09. The van der Waals surface area contributed by atoms with Crippen molar-refractivity contribution in [2.24, 2.45) is 5.92 Å². The third-order valence-electron chi connectivity index (χ3n) is 4.08. The van der Waals surface area contributed by atoms with Gasteiger partial charge < -0.3 is 4.90 Å². The summed E-state index contributed by atoms with van der Waals surface area (Å²) >= 11 is 0. The molecule has 104 valence electrons. The van der Waals surface area contributed by atoms with E-state index in [0.29, 0.717) is 12.5 Å². The molecular formula is C16H22FNO.